The van der Waals surface area contributed by atoms with E-state index in [1.807, 2.05) is 12.3 Å². The van der Waals surface area contributed by atoms with E-state index in [1.165, 1.54) is 44.3 Å². The summed E-state index contributed by atoms with van der Waals surface area (Å²) in [7, 11) is 0. The SMILES string of the molecule is O=C([C@H]1CCCN(C2CCN(Cc3ccccn3)CC2)C1)N1CCCC1. The predicted molar refractivity (Wildman–Crippen MR) is 103 cm³/mol. The number of carbonyl (C=O) groups excluding carboxylic acids is 1. The van der Waals surface area contributed by atoms with Crippen LogP contribution in [0.1, 0.15) is 44.2 Å². The Bertz CT molecular complexity index is 579. The number of amides is 1. The second kappa shape index (κ2) is 8.49. The number of likely N-dealkylation sites (tertiary alicyclic amines) is 3. The van der Waals surface area contributed by atoms with E-state index in [0.717, 1.165) is 45.7 Å². The molecule has 0 radical (unpaired) electrons. The zero-order valence-electron chi connectivity index (χ0n) is 15.9. The summed E-state index contributed by atoms with van der Waals surface area (Å²) in [5, 5.41) is 0. The molecule has 3 fully saturated rings. The number of pyridine rings is 1. The first kappa shape index (κ1) is 17.9. The summed E-state index contributed by atoms with van der Waals surface area (Å²) in [4.78, 5) is 24.5. The summed E-state index contributed by atoms with van der Waals surface area (Å²) in [6, 6.07) is 6.82. The van der Waals surface area contributed by atoms with Crippen LogP contribution in [0.2, 0.25) is 0 Å². The first-order valence-corrected chi connectivity index (χ1v) is 10.4. The van der Waals surface area contributed by atoms with Gasteiger partial charge in [-0.15, -0.1) is 0 Å². The molecule has 5 heteroatoms. The maximum atomic E-state index is 12.8. The van der Waals surface area contributed by atoms with Gasteiger partial charge in [-0.05, 0) is 57.2 Å². The normalized spacial score (nSPS) is 26.3. The third-order valence-corrected chi connectivity index (χ3v) is 6.41. The molecule has 142 valence electrons. The van der Waals surface area contributed by atoms with Crippen LogP contribution in [0.25, 0.3) is 0 Å². The molecule has 0 saturated carbocycles. The third kappa shape index (κ3) is 4.26. The molecule has 0 N–H and O–H groups in total. The fourth-order valence-corrected chi connectivity index (χ4v) is 4.90. The lowest BCUT2D eigenvalue weighted by molar-refractivity contribution is -0.136. The summed E-state index contributed by atoms with van der Waals surface area (Å²) in [6.07, 6.45) is 8.97. The molecular formula is C21H32N4O. The van der Waals surface area contributed by atoms with Crippen LogP contribution in [0.5, 0.6) is 0 Å². The minimum Gasteiger partial charge on any atom is -0.342 e. The van der Waals surface area contributed by atoms with Crippen molar-refractivity contribution in [1.82, 2.24) is 19.7 Å². The number of carbonyl (C=O) groups is 1. The predicted octanol–water partition coefficient (Wildman–Crippen LogP) is 2.38. The van der Waals surface area contributed by atoms with Gasteiger partial charge in [0.25, 0.3) is 0 Å². The Kier molecular flexibility index (Phi) is 5.85. The molecular weight excluding hydrogens is 324 g/mol. The number of hydrogen-bond acceptors (Lipinski definition) is 4. The van der Waals surface area contributed by atoms with Gasteiger partial charge in [-0.2, -0.15) is 0 Å². The Balaban J connectivity index is 1.26. The molecule has 0 aromatic carbocycles. The van der Waals surface area contributed by atoms with E-state index in [1.54, 1.807) is 0 Å². The smallest absolute Gasteiger partial charge is 0.226 e. The molecule has 0 aliphatic carbocycles. The van der Waals surface area contributed by atoms with Gasteiger partial charge in [-0.3, -0.25) is 19.6 Å². The van der Waals surface area contributed by atoms with E-state index in [9.17, 15) is 4.79 Å². The average molecular weight is 357 g/mol. The monoisotopic (exact) mass is 356 g/mol. The minimum atomic E-state index is 0.244. The van der Waals surface area contributed by atoms with E-state index in [2.05, 4.69) is 31.8 Å². The van der Waals surface area contributed by atoms with Crippen molar-refractivity contribution in [3.05, 3.63) is 30.1 Å². The van der Waals surface area contributed by atoms with E-state index in [0.29, 0.717) is 11.9 Å². The zero-order valence-corrected chi connectivity index (χ0v) is 15.9. The van der Waals surface area contributed by atoms with Crippen molar-refractivity contribution in [2.45, 2.75) is 51.1 Å². The number of aromatic nitrogens is 1. The summed E-state index contributed by atoms with van der Waals surface area (Å²) in [5.74, 6) is 0.674. The van der Waals surface area contributed by atoms with Crippen LogP contribution in [-0.4, -0.2) is 70.9 Å². The van der Waals surface area contributed by atoms with E-state index >= 15 is 0 Å². The molecule has 0 spiro atoms. The van der Waals surface area contributed by atoms with Crippen molar-refractivity contribution in [1.29, 1.82) is 0 Å². The molecule has 3 saturated heterocycles. The lowest BCUT2D eigenvalue weighted by Gasteiger charge is -2.42. The van der Waals surface area contributed by atoms with Gasteiger partial charge in [-0.1, -0.05) is 6.07 Å². The molecule has 4 rings (SSSR count). The largest absolute Gasteiger partial charge is 0.342 e. The van der Waals surface area contributed by atoms with Crippen LogP contribution in [0, 0.1) is 5.92 Å². The first-order valence-electron chi connectivity index (χ1n) is 10.4. The van der Waals surface area contributed by atoms with Crippen LogP contribution in [0.4, 0.5) is 0 Å². The van der Waals surface area contributed by atoms with Gasteiger partial charge in [0.15, 0.2) is 0 Å². The van der Waals surface area contributed by atoms with E-state index in [4.69, 9.17) is 0 Å². The molecule has 1 aromatic rings. The molecule has 3 aliphatic rings. The third-order valence-electron chi connectivity index (χ3n) is 6.41. The van der Waals surface area contributed by atoms with Crippen molar-refractivity contribution in [3.63, 3.8) is 0 Å². The van der Waals surface area contributed by atoms with E-state index in [-0.39, 0.29) is 5.92 Å². The molecule has 0 bridgehead atoms. The van der Waals surface area contributed by atoms with E-state index < -0.39 is 0 Å². The van der Waals surface area contributed by atoms with Crippen LogP contribution < -0.4 is 0 Å². The van der Waals surface area contributed by atoms with Crippen LogP contribution >= 0.6 is 0 Å². The maximum absolute atomic E-state index is 12.8. The molecule has 1 aromatic heterocycles. The fourth-order valence-electron chi connectivity index (χ4n) is 4.90. The van der Waals surface area contributed by atoms with Crippen molar-refractivity contribution in [2.24, 2.45) is 5.92 Å². The Labute approximate surface area is 157 Å². The lowest BCUT2D eigenvalue weighted by Crippen LogP contribution is -2.51. The summed E-state index contributed by atoms with van der Waals surface area (Å²) in [5.41, 5.74) is 1.17. The Hall–Kier alpha value is -1.46. The fraction of sp³-hybridized carbons (Fsp3) is 0.714. The highest BCUT2D eigenvalue weighted by Crippen LogP contribution is 2.26. The topological polar surface area (TPSA) is 39.7 Å². The number of hydrogen-bond donors (Lipinski definition) is 0. The van der Waals surface area contributed by atoms with Crippen LogP contribution in [-0.2, 0) is 11.3 Å². The molecule has 26 heavy (non-hydrogen) atoms. The first-order chi connectivity index (χ1) is 12.8. The molecule has 0 unspecified atom stereocenters. The van der Waals surface area contributed by atoms with Gasteiger partial charge in [-0.25, -0.2) is 0 Å². The highest BCUT2D eigenvalue weighted by atomic mass is 16.2. The Morgan fingerprint density at radius 3 is 2.54 bits per heavy atom. The van der Waals surface area contributed by atoms with Gasteiger partial charge in [0.05, 0.1) is 11.6 Å². The summed E-state index contributed by atoms with van der Waals surface area (Å²) < 4.78 is 0. The lowest BCUT2D eigenvalue weighted by atomic mass is 9.93. The standard InChI is InChI=1S/C21H32N4O/c26-21(24-11-3-4-12-24)18-6-5-13-25(16-18)20-8-14-23(15-9-20)17-19-7-1-2-10-22-19/h1-2,7,10,18,20H,3-6,8-9,11-17H2/t18-/m0/s1. The van der Waals surface area contributed by atoms with Gasteiger partial charge < -0.3 is 4.90 Å². The van der Waals surface area contributed by atoms with Crippen molar-refractivity contribution in [3.8, 4) is 0 Å². The second-order valence-electron chi connectivity index (χ2n) is 8.19. The van der Waals surface area contributed by atoms with Crippen molar-refractivity contribution < 1.29 is 4.79 Å². The van der Waals surface area contributed by atoms with Crippen LogP contribution in [0.3, 0.4) is 0 Å². The number of piperidine rings is 2. The quantitative estimate of drug-likeness (QED) is 0.830. The second-order valence-corrected chi connectivity index (χ2v) is 8.19. The van der Waals surface area contributed by atoms with Crippen molar-refractivity contribution >= 4 is 5.91 Å². The molecule has 3 aliphatic heterocycles. The Morgan fingerprint density at radius 1 is 1.00 bits per heavy atom. The van der Waals surface area contributed by atoms with Crippen molar-refractivity contribution in [2.75, 3.05) is 39.3 Å². The molecule has 1 atom stereocenters. The minimum absolute atomic E-state index is 0.244. The Morgan fingerprint density at radius 2 is 1.81 bits per heavy atom. The molecule has 4 heterocycles. The molecule has 1 amide bonds. The molecule has 5 nitrogen and oxygen atoms in total. The van der Waals surface area contributed by atoms with Gasteiger partial charge >= 0.3 is 0 Å². The van der Waals surface area contributed by atoms with Gasteiger partial charge in [0.2, 0.25) is 5.91 Å². The van der Waals surface area contributed by atoms with Crippen LogP contribution in [0.15, 0.2) is 24.4 Å². The highest BCUT2D eigenvalue weighted by molar-refractivity contribution is 5.79. The van der Waals surface area contributed by atoms with Gasteiger partial charge in [0, 0.05) is 51.5 Å². The zero-order chi connectivity index (χ0) is 17.8. The summed E-state index contributed by atoms with van der Waals surface area (Å²) in [6.45, 7) is 7.38. The number of nitrogens with zero attached hydrogens (tertiary/aromatic N) is 4. The maximum Gasteiger partial charge on any atom is 0.226 e. The summed E-state index contributed by atoms with van der Waals surface area (Å²) >= 11 is 0. The highest BCUT2D eigenvalue weighted by Gasteiger charge is 2.34. The van der Waals surface area contributed by atoms with Gasteiger partial charge in [0.1, 0.15) is 0 Å². The average Bonchev–Trinajstić information content (AvgIpc) is 3.24. The number of rotatable bonds is 4.